The number of rotatable bonds is 3. The summed E-state index contributed by atoms with van der Waals surface area (Å²) in [6.07, 6.45) is 4.73. The second kappa shape index (κ2) is 5.72. The fourth-order valence-electron chi connectivity index (χ4n) is 2.94. The molecule has 20 heavy (non-hydrogen) atoms. The van der Waals surface area contributed by atoms with Crippen LogP contribution < -0.4 is 5.73 Å². The third-order valence-corrected chi connectivity index (χ3v) is 4.58. The zero-order chi connectivity index (χ0) is 14.1. The number of pyridine rings is 1. The van der Waals surface area contributed by atoms with Crippen LogP contribution in [0, 0.1) is 0 Å². The third kappa shape index (κ3) is 2.69. The van der Waals surface area contributed by atoms with Gasteiger partial charge in [-0.2, -0.15) is 0 Å². The number of nitrogens with two attached hydrogens (primary N) is 1. The van der Waals surface area contributed by atoms with Crippen molar-refractivity contribution < 1.29 is 0 Å². The first-order valence-electron chi connectivity index (χ1n) is 6.78. The average molecular weight is 307 g/mol. The predicted octanol–water partition coefficient (Wildman–Crippen LogP) is 3.99. The SMILES string of the molecule is NC(Cc1ccc(Cl)cc1Cl)C1CCc2cccnc21. The normalized spacial score (nSPS) is 18.9. The second-order valence-electron chi connectivity index (χ2n) is 5.30. The first kappa shape index (κ1) is 13.9. The van der Waals surface area contributed by atoms with E-state index in [9.17, 15) is 0 Å². The highest BCUT2D eigenvalue weighted by Gasteiger charge is 2.29. The van der Waals surface area contributed by atoms with Gasteiger partial charge in [-0.1, -0.05) is 35.3 Å². The van der Waals surface area contributed by atoms with Gasteiger partial charge in [-0.15, -0.1) is 0 Å². The van der Waals surface area contributed by atoms with Crippen LogP contribution in [0.4, 0.5) is 0 Å². The number of aryl methyl sites for hydroxylation is 1. The maximum Gasteiger partial charge on any atom is 0.0482 e. The fourth-order valence-corrected chi connectivity index (χ4v) is 3.43. The van der Waals surface area contributed by atoms with Crippen molar-refractivity contribution in [3.8, 4) is 0 Å². The van der Waals surface area contributed by atoms with Gasteiger partial charge in [-0.3, -0.25) is 4.98 Å². The van der Waals surface area contributed by atoms with Crippen molar-refractivity contribution in [2.24, 2.45) is 5.73 Å². The van der Waals surface area contributed by atoms with E-state index in [1.54, 1.807) is 6.07 Å². The van der Waals surface area contributed by atoms with Crippen molar-refractivity contribution in [3.05, 3.63) is 63.4 Å². The average Bonchev–Trinajstić information content (AvgIpc) is 2.86. The van der Waals surface area contributed by atoms with Crippen LogP contribution in [0.3, 0.4) is 0 Å². The number of nitrogens with zero attached hydrogens (tertiary/aromatic N) is 1. The quantitative estimate of drug-likeness (QED) is 0.931. The molecule has 0 saturated heterocycles. The molecule has 0 radical (unpaired) electrons. The van der Waals surface area contributed by atoms with Gasteiger partial charge >= 0.3 is 0 Å². The molecule has 2 atom stereocenters. The molecule has 1 heterocycles. The highest BCUT2D eigenvalue weighted by atomic mass is 35.5. The second-order valence-corrected chi connectivity index (χ2v) is 6.14. The Labute approximate surface area is 128 Å². The zero-order valence-electron chi connectivity index (χ0n) is 11.0. The van der Waals surface area contributed by atoms with Gasteiger partial charge in [0.05, 0.1) is 0 Å². The van der Waals surface area contributed by atoms with Gasteiger partial charge in [0.1, 0.15) is 0 Å². The number of hydrogen-bond acceptors (Lipinski definition) is 2. The first-order valence-corrected chi connectivity index (χ1v) is 7.54. The topological polar surface area (TPSA) is 38.9 Å². The number of aromatic nitrogens is 1. The Kier molecular flexibility index (Phi) is 3.97. The summed E-state index contributed by atoms with van der Waals surface area (Å²) in [6.45, 7) is 0. The Bertz CT molecular complexity index is 628. The largest absolute Gasteiger partial charge is 0.327 e. The zero-order valence-corrected chi connectivity index (χ0v) is 12.5. The molecule has 1 aromatic carbocycles. The van der Waals surface area contributed by atoms with Crippen molar-refractivity contribution in [2.75, 3.05) is 0 Å². The third-order valence-electron chi connectivity index (χ3n) is 3.99. The van der Waals surface area contributed by atoms with E-state index in [0.29, 0.717) is 16.0 Å². The van der Waals surface area contributed by atoms with Crippen LogP contribution in [0.25, 0.3) is 0 Å². The van der Waals surface area contributed by atoms with Crippen molar-refractivity contribution >= 4 is 23.2 Å². The van der Waals surface area contributed by atoms with E-state index in [2.05, 4.69) is 11.1 Å². The van der Waals surface area contributed by atoms with E-state index in [1.807, 2.05) is 24.4 Å². The van der Waals surface area contributed by atoms with Crippen molar-refractivity contribution in [2.45, 2.75) is 31.2 Å². The fraction of sp³-hybridized carbons (Fsp3) is 0.312. The van der Waals surface area contributed by atoms with Gasteiger partial charge in [-0.05, 0) is 48.6 Å². The lowest BCUT2D eigenvalue weighted by molar-refractivity contribution is 0.517. The van der Waals surface area contributed by atoms with Crippen LogP contribution in [-0.2, 0) is 12.8 Å². The molecule has 104 valence electrons. The molecule has 2 aromatic rings. The Morgan fingerprint density at radius 1 is 1.30 bits per heavy atom. The van der Waals surface area contributed by atoms with Gasteiger partial charge in [0, 0.05) is 33.9 Å². The summed E-state index contributed by atoms with van der Waals surface area (Å²) in [4.78, 5) is 4.51. The Morgan fingerprint density at radius 3 is 2.95 bits per heavy atom. The molecule has 0 aliphatic heterocycles. The van der Waals surface area contributed by atoms with Gasteiger partial charge in [0.2, 0.25) is 0 Å². The molecular formula is C16H16Cl2N2. The summed E-state index contributed by atoms with van der Waals surface area (Å²) in [7, 11) is 0. The Hall–Kier alpha value is -1.09. The minimum atomic E-state index is 0.0322. The summed E-state index contributed by atoms with van der Waals surface area (Å²) < 4.78 is 0. The molecule has 2 N–H and O–H groups in total. The molecule has 0 amide bonds. The molecule has 3 rings (SSSR count). The van der Waals surface area contributed by atoms with Crippen LogP contribution in [0.15, 0.2) is 36.5 Å². The summed E-state index contributed by atoms with van der Waals surface area (Å²) >= 11 is 12.1. The highest BCUT2D eigenvalue weighted by Crippen LogP contribution is 2.34. The van der Waals surface area contributed by atoms with E-state index < -0.39 is 0 Å². The Morgan fingerprint density at radius 2 is 2.15 bits per heavy atom. The summed E-state index contributed by atoms with van der Waals surface area (Å²) in [6, 6.07) is 9.75. The van der Waals surface area contributed by atoms with E-state index in [0.717, 1.165) is 30.5 Å². The van der Waals surface area contributed by atoms with Gasteiger partial charge in [0.25, 0.3) is 0 Å². The molecule has 4 heteroatoms. The van der Waals surface area contributed by atoms with Crippen LogP contribution in [0.1, 0.15) is 29.2 Å². The molecular weight excluding hydrogens is 291 g/mol. The van der Waals surface area contributed by atoms with Gasteiger partial charge in [-0.25, -0.2) is 0 Å². The molecule has 0 saturated carbocycles. The first-order chi connectivity index (χ1) is 9.65. The summed E-state index contributed by atoms with van der Waals surface area (Å²) in [5.41, 5.74) is 9.94. The maximum atomic E-state index is 6.40. The molecule has 1 aliphatic carbocycles. The van der Waals surface area contributed by atoms with E-state index in [-0.39, 0.29) is 6.04 Å². The van der Waals surface area contributed by atoms with Gasteiger partial charge in [0.15, 0.2) is 0 Å². The predicted molar refractivity (Wildman–Crippen MR) is 83.4 cm³/mol. The van der Waals surface area contributed by atoms with E-state index in [4.69, 9.17) is 28.9 Å². The monoisotopic (exact) mass is 306 g/mol. The van der Waals surface area contributed by atoms with Crippen LogP contribution in [0.5, 0.6) is 0 Å². The smallest absolute Gasteiger partial charge is 0.0482 e. The lowest BCUT2D eigenvalue weighted by Gasteiger charge is -2.20. The van der Waals surface area contributed by atoms with E-state index in [1.165, 1.54) is 5.56 Å². The molecule has 2 nitrogen and oxygen atoms in total. The molecule has 1 aliphatic rings. The minimum Gasteiger partial charge on any atom is -0.327 e. The molecule has 0 spiro atoms. The minimum absolute atomic E-state index is 0.0322. The number of benzene rings is 1. The number of halogens is 2. The van der Waals surface area contributed by atoms with E-state index >= 15 is 0 Å². The summed E-state index contributed by atoms with van der Waals surface area (Å²) in [5, 5.41) is 1.34. The summed E-state index contributed by atoms with van der Waals surface area (Å²) in [5.74, 6) is 0.318. The lowest BCUT2D eigenvalue weighted by Crippen LogP contribution is -2.30. The number of hydrogen-bond donors (Lipinski definition) is 1. The molecule has 0 fully saturated rings. The molecule has 2 unspecified atom stereocenters. The van der Waals surface area contributed by atoms with Crippen molar-refractivity contribution in [3.63, 3.8) is 0 Å². The van der Waals surface area contributed by atoms with Gasteiger partial charge < -0.3 is 5.73 Å². The van der Waals surface area contributed by atoms with Crippen molar-refractivity contribution in [1.29, 1.82) is 0 Å². The van der Waals surface area contributed by atoms with Crippen LogP contribution in [-0.4, -0.2) is 11.0 Å². The van der Waals surface area contributed by atoms with Crippen LogP contribution in [0.2, 0.25) is 10.0 Å². The number of fused-ring (bicyclic) bond motifs is 1. The molecule has 1 aromatic heterocycles. The Balaban J connectivity index is 1.79. The highest BCUT2D eigenvalue weighted by molar-refractivity contribution is 6.35. The lowest BCUT2D eigenvalue weighted by atomic mass is 9.92. The maximum absolute atomic E-state index is 6.40. The van der Waals surface area contributed by atoms with Crippen molar-refractivity contribution in [1.82, 2.24) is 4.98 Å². The molecule has 0 bridgehead atoms. The standard InChI is InChI=1S/C16H16Cl2N2/c17-12-5-3-11(14(18)9-12)8-15(19)13-6-4-10-2-1-7-20-16(10)13/h1-3,5,7,9,13,15H,4,6,8,19H2. The van der Waals surface area contributed by atoms with Crippen LogP contribution >= 0.6 is 23.2 Å².